The van der Waals surface area contributed by atoms with Crippen molar-refractivity contribution in [1.29, 1.82) is 0 Å². The Hall–Kier alpha value is -3.24. The summed E-state index contributed by atoms with van der Waals surface area (Å²) in [6.07, 6.45) is 5.60. The van der Waals surface area contributed by atoms with Crippen LogP contribution in [0.2, 0.25) is 0 Å². The van der Waals surface area contributed by atoms with Gasteiger partial charge in [-0.15, -0.1) is 0 Å². The molecule has 0 amide bonds. The highest BCUT2D eigenvalue weighted by Gasteiger charge is 2.40. The molecule has 5 aromatic rings. The van der Waals surface area contributed by atoms with Gasteiger partial charge in [-0.1, -0.05) is 91.0 Å². The van der Waals surface area contributed by atoms with Crippen molar-refractivity contribution in [3.63, 3.8) is 0 Å². The summed E-state index contributed by atoms with van der Waals surface area (Å²) < 4.78 is 3.03. The highest BCUT2D eigenvalue weighted by molar-refractivity contribution is 9.10. The minimum atomic E-state index is -0.631. The second-order valence-electron chi connectivity index (χ2n) is 6.92. The molecule has 2 heterocycles. The molecule has 0 atom stereocenters. The van der Waals surface area contributed by atoms with Gasteiger partial charge in [0.05, 0.1) is 17.9 Å². The lowest BCUT2D eigenvalue weighted by Gasteiger charge is -2.36. The Balaban J connectivity index is 1.97. The number of hydrogen-bond donors (Lipinski definition) is 0. The van der Waals surface area contributed by atoms with Crippen LogP contribution in [0.25, 0.3) is 10.9 Å². The molecule has 0 saturated carbocycles. The summed E-state index contributed by atoms with van der Waals surface area (Å²) in [7, 11) is 0. The Morgan fingerprint density at radius 1 is 0.621 bits per heavy atom. The first-order valence-corrected chi connectivity index (χ1v) is 10.3. The van der Waals surface area contributed by atoms with Gasteiger partial charge in [-0.25, -0.2) is 4.68 Å². The molecule has 5 rings (SSSR count). The van der Waals surface area contributed by atoms with Crippen LogP contribution in [0.1, 0.15) is 16.7 Å². The number of fused-ring (bicyclic) bond motifs is 1. The van der Waals surface area contributed by atoms with E-state index in [1.807, 2.05) is 36.8 Å². The van der Waals surface area contributed by atoms with Gasteiger partial charge >= 0.3 is 0 Å². The smallest absolute Gasteiger partial charge is 0.138 e. The van der Waals surface area contributed by atoms with Crippen LogP contribution in [0, 0.1) is 0 Å². The van der Waals surface area contributed by atoms with Crippen molar-refractivity contribution in [3.8, 4) is 0 Å². The average molecular weight is 440 g/mol. The molecule has 4 heteroatoms. The number of nitrogens with zero attached hydrogens (tertiary/aromatic N) is 3. The molecule has 0 aliphatic carbocycles. The largest absolute Gasteiger partial charge is 0.261 e. The molecule has 0 unspecified atom stereocenters. The second kappa shape index (κ2) is 7.30. The van der Waals surface area contributed by atoms with Gasteiger partial charge in [0.15, 0.2) is 0 Å². The lowest BCUT2D eigenvalue weighted by atomic mass is 9.77. The Morgan fingerprint density at radius 3 is 1.59 bits per heavy atom. The summed E-state index contributed by atoms with van der Waals surface area (Å²) in [5.41, 5.74) is 3.76. The van der Waals surface area contributed by atoms with Gasteiger partial charge in [0.2, 0.25) is 0 Å². The summed E-state index contributed by atoms with van der Waals surface area (Å²) >= 11 is 3.63. The zero-order valence-corrected chi connectivity index (χ0v) is 17.2. The molecular weight excluding hydrogens is 422 g/mol. The molecule has 0 aliphatic rings. The maximum atomic E-state index is 4.90. The number of rotatable bonds is 4. The van der Waals surface area contributed by atoms with Crippen LogP contribution in [-0.2, 0) is 5.54 Å². The molecule has 0 aliphatic heterocycles. The Bertz CT molecular complexity index is 1150. The van der Waals surface area contributed by atoms with Gasteiger partial charge in [0.25, 0.3) is 0 Å². The quantitative estimate of drug-likeness (QED) is 0.320. The van der Waals surface area contributed by atoms with E-state index in [0.29, 0.717) is 0 Å². The fourth-order valence-corrected chi connectivity index (χ4v) is 4.50. The van der Waals surface area contributed by atoms with Gasteiger partial charge in [-0.2, -0.15) is 5.10 Å². The molecule has 2 aromatic heterocycles. The minimum absolute atomic E-state index is 0.631. The van der Waals surface area contributed by atoms with Crippen molar-refractivity contribution in [2.75, 3.05) is 0 Å². The van der Waals surface area contributed by atoms with Crippen molar-refractivity contribution in [2.24, 2.45) is 0 Å². The fraction of sp³-hybridized carbons (Fsp3) is 0.0400. The van der Waals surface area contributed by atoms with E-state index in [2.05, 4.69) is 98.4 Å². The summed E-state index contributed by atoms with van der Waals surface area (Å²) in [5.74, 6) is 0. The first-order chi connectivity index (χ1) is 14.3. The fourth-order valence-electron chi connectivity index (χ4n) is 4.08. The molecule has 0 radical (unpaired) electrons. The predicted octanol–water partition coefficient (Wildman–Crippen LogP) is 6.03. The highest BCUT2D eigenvalue weighted by Crippen LogP contribution is 2.42. The molecular formula is C25H18BrN3. The average Bonchev–Trinajstić information content (AvgIpc) is 3.23. The standard InChI is InChI=1S/C25H18BrN3/c26-23-17-27-18-24-22(23)16-28-29(24)25(19-10-4-1-5-11-19,20-12-6-2-7-13-20)21-14-8-3-9-15-21/h1-18H. The number of aromatic nitrogens is 3. The molecule has 3 nitrogen and oxygen atoms in total. The molecule has 0 fully saturated rings. The summed E-state index contributed by atoms with van der Waals surface area (Å²) in [6, 6.07) is 31.6. The lowest BCUT2D eigenvalue weighted by molar-refractivity contribution is 0.475. The van der Waals surface area contributed by atoms with Gasteiger partial charge < -0.3 is 0 Å². The number of pyridine rings is 1. The molecule has 0 saturated heterocycles. The third kappa shape index (κ3) is 2.79. The zero-order valence-electron chi connectivity index (χ0n) is 15.6. The molecule has 3 aromatic carbocycles. The van der Waals surface area contributed by atoms with E-state index in [1.165, 1.54) is 0 Å². The van der Waals surface area contributed by atoms with Crippen LogP contribution in [0.5, 0.6) is 0 Å². The number of halogens is 1. The molecule has 0 bridgehead atoms. The van der Waals surface area contributed by atoms with E-state index in [9.17, 15) is 0 Å². The Kier molecular flexibility index (Phi) is 4.49. The van der Waals surface area contributed by atoms with Crippen LogP contribution in [0.15, 0.2) is 114 Å². The molecule has 0 spiro atoms. The zero-order chi connectivity index (χ0) is 19.7. The van der Waals surface area contributed by atoms with Gasteiger partial charge in [0, 0.05) is 16.1 Å². The van der Waals surface area contributed by atoms with Crippen LogP contribution < -0.4 is 0 Å². The summed E-state index contributed by atoms with van der Waals surface area (Å²) in [6.45, 7) is 0. The molecule has 0 N–H and O–H groups in total. The van der Waals surface area contributed by atoms with E-state index >= 15 is 0 Å². The second-order valence-corrected chi connectivity index (χ2v) is 7.77. The van der Waals surface area contributed by atoms with Crippen molar-refractivity contribution < 1.29 is 0 Å². The number of hydrogen-bond acceptors (Lipinski definition) is 2. The van der Waals surface area contributed by atoms with Gasteiger partial charge in [0.1, 0.15) is 5.54 Å². The van der Waals surface area contributed by atoms with E-state index in [0.717, 1.165) is 32.1 Å². The van der Waals surface area contributed by atoms with Crippen LogP contribution in [-0.4, -0.2) is 14.8 Å². The summed E-state index contributed by atoms with van der Waals surface area (Å²) in [4.78, 5) is 4.43. The van der Waals surface area contributed by atoms with E-state index in [-0.39, 0.29) is 0 Å². The van der Waals surface area contributed by atoms with Crippen molar-refractivity contribution in [1.82, 2.24) is 14.8 Å². The van der Waals surface area contributed by atoms with Crippen molar-refractivity contribution in [3.05, 3.63) is 131 Å². The van der Waals surface area contributed by atoms with E-state index in [1.54, 1.807) is 0 Å². The third-order valence-corrected chi connectivity index (χ3v) is 5.97. The minimum Gasteiger partial charge on any atom is -0.261 e. The van der Waals surface area contributed by atoms with Crippen molar-refractivity contribution >= 4 is 26.8 Å². The first kappa shape index (κ1) is 17.8. The maximum Gasteiger partial charge on any atom is 0.138 e. The van der Waals surface area contributed by atoms with Crippen molar-refractivity contribution in [2.45, 2.75) is 5.54 Å². The molecule has 29 heavy (non-hydrogen) atoms. The van der Waals surface area contributed by atoms with Gasteiger partial charge in [-0.05, 0) is 32.6 Å². The monoisotopic (exact) mass is 439 g/mol. The van der Waals surface area contributed by atoms with E-state index < -0.39 is 5.54 Å². The van der Waals surface area contributed by atoms with Crippen LogP contribution >= 0.6 is 15.9 Å². The molecule has 140 valence electrons. The Labute approximate surface area is 177 Å². The van der Waals surface area contributed by atoms with Gasteiger partial charge in [-0.3, -0.25) is 4.98 Å². The predicted molar refractivity (Wildman–Crippen MR) is 120 cm³/mol. The number of benzene rings is 3. The highest BCUT2D eigenvalue weighted by atomic mass is 79.9. The van der Waals surface area contributed by atoms with E-state index in [4.69, 9.17) is 5.10 Å². The summed E-state index contributed by atoms with van der Waals surface area (Å²) in [5, 5.41) is 5.94. The SMILES string of the molecule is Brc1cncc2c1cnn2C(c1ccccc1)(c1ccccc1)c1ccccc1. The Morgan fingerprint density at radius 2 is 1.10 bits per heavy atom. The normalized spacial score (nSPS) is 11.6. The third-order valence-electron chi connectivity index (χ3n) is 5.34. The van der Waals surface area contributed by atoms with Crippen LogP contribution in [0.4, 0.5) is 0 Å². The first-order valence-electron chi connectivity index (χ1n) is 9.46. The maximum absolute atomic E-state index is 4.90. The topological polar surface area (TPSA) is 30.7 Å². The van der Waals surface area contributed by atoms with Crippen LogP contribution in [0.3, 0.4) is 0 Å². The lowest BCUT2D eigenvalue weighted by Crippen LogP contribution is -2.38.